The molecule has 1 aromatic carbocycles. The molecule has 0 radical (unpaired) electrons. The van der Waals surface area contributed by atoms with E-state index in [0.29, 0.717) is 12.2 Å². The van der Waals surface area contributed by atoms with Gasteiger partial charge in [0.2, 0.25) is 5.91 Å². The van der Waals surface area contributed by atoms with E-state index >= 15 is 0 Å². The van der Waals surface area contributed by atoms with Crippen LogP contribution >= 0.6 is 0 Å². The van der Waals surface area contributed by atoms with Crippen molar-refractivity contribution in [1.82, 2.24) is 10.2 Å². The molecule has 0 fully saturated rings. The van der Waals surface area contributed by atoms with Gasteiger partial charge in [-0.15, -0.1) is 0 Å². The molecule has 3 rings (SSSR count). The Bertz CT molecular complexity index is 858. The Morgan fingerprint density at radius 3 is 2.76 bits per heavy atom. The summed E-state index contributed by atoms with van der Waals surface area (Å²) in [6.45, 7) is 2.97. The number of ether oxygens (including phenoxy) is 1. The molecule has 0 bridgehead atoms. The van der Waals surface area contributed by atoms with Gasteiger partial charge in [0.25, 0.3) is 5.91 Å². The summed E-state index contributed by atoms with van der Waals surface area (Å²) in [7, 11) is 0. The minimum Gasteiger partial charge on any atom is -0.494 e. The number of amidine groups is 1. The van der Waals surface area contributed by atoms with Crippen molar-refractivity contribution < 1.29 is 19.1 Å². The lowest BCUT2D eigenvalue weighted by Crippen LogP contribution is -2.48. The molecule has 0 spiro atoms. The molecule has 1 N–H and O–H groups in total. The molecule has 4 amide bonds. The number of hydrogen-bond donors (Lipinski definition) is 1. The Labute approximate surface area is 169 Å². The van der Waals surface area contributed by atoms with Gasteiger partial charge in [-0.25, -0.2) is 9.79 Å². The van der Waals surface area contributed by atoms with Gasteiger partial charge in [0.1, 0.15) is 17.5 Å². The number of nitrogens with one attached hydrogen (secondary N) is 1. The van der Waals surface area contributed by atoms with Crippen LogP contribution in [0, 0.1) is 5.92 Å². The SMILES string of the molecule is CCCCCOc1ccc(C(=O)NCCN2C(=O)N=C3N=CC=CC3C2=O)cc1. The van der Waals surface area contributed by atoms with Gasteiger partial charge < -0.3 is 10.1 Å². The third-order valence-corrected chi connectivity index (χ3v) is 4.60. The van der Waals surface area contributed by atoms with Gasteiger partial charge in [0.05, 0.1) is 6.61 Å². The minimum atomic E-state index is -0.660. The summed E-state index contributed by atoms with van der Waals surface area (Å²) < 4.78 is 5.63. The number of imide groups is 1. The number of hydrogen-bond acceptors (Lipinski definition) is 5. The lowest BCUT2D eigenvalue weighted by Gasteiger charge is -2.27. The Kier molecular flexibility index (Phi) is 6.89. The predicted molar refractivity (Wildman–Crippen MR) is 109 cm³/mol. The van der Waals surface area contributed by atoms with Gasteiger partial charge in [-0.05, 0) is 36.8 Å². The molecular formula is C21H24N4O4. The second-order valence-corrected chi connectivity index (χ2v) is 6.72. The van der Waals surface area contributed by atoms with Crippen molar-refractivity contribution in [2.75, 3.05) is 19.7 Å². The van der Waals surface area contributed by atoms with Crippen molar-refractivity contribution in [2.45, 2.75) is 26.2 Å². The second-order valence-electron chi connectivity index (χ2n) is 6.72. The fraction of sp³-hybridized carbons (Fsp3) is 0.381. The number of fused-ring (bicyclic) bond motifs is 1. The molecule has 0 aromatic heterocycles. The maximum Gasteiger partial charge on any atom is 0.352 e. The Hall–Kier alpha value is -3.29. The molecule has 2 aliphatic rings. The number of urea groups is 1. The van der Waals surface area contributed by atoms with Crippen molar-refractivity contribution in [1.29, 1.82) is 0 Å². The quantitative estimate of drug-likeness (QED) is 0.648. The molecular weight excluding hydrogens is 372 g/mol. The highest BCUT2D eigenvalue weighted by Gasteiger charge is 2.36. The smallest absolute Gasteiger partial charge is 0.352 e. The maximum atomic E-state index is 12.5. The largest absolute Gasteiger partial charge is 0.494 e. The molecule has 8 heteroatoms. The summed E-state index contributed by atoms with van der Waals surface area (Å²) in [5.74, 6) is -0.380. The summed E-state index contributed by atoms with van der Waals surface area (Å²) in [6.07, 6.45) is 8.05. The van der Waals surface area contributed by atoms with E-state index in [1.54, 1.807) is 36.4 Å². The van der Waals surface area contributed by atoms with Crippen molar-refractivity contribution in [3.63, 3.8) is 0 Å². The van der Waals surface area contributed by atoms with Gasteiger partial charge in [-0.1, -0.05) is 25.8 Å². The van der Waals surface area contributed by atoms with Crippen molar-refractivity contribution in [3.05, 3.63) is 42.0 Å². The van der Waals surface area contributed by atoms with E-state index in [0.717, 1.165) is 29.9 Å². The van der Waals surface area contributed by atoms with Crippen LogP contribution in [0.2, 0.25) is 0 Å². The van der Waals surface area contributed by atoms with Gasteiger partial charge in [0, 0.05) is 24.9 Å². The number of unbranched alkanes of at least 4 members (excludes halogenated alkanes) is 2. The van der Waals surface area contributed by atoms with Crippen molar-refractivity contribution in [3.8, 4) is 5.75 Å². The summed E-state index contributed by atoms with van der Waals surface area (Å²) in [5.41, 5.74) is 0.479. The number of nitrogens with zero attached hydrogens (tertiary/aromatic N) is 3. The number of benzene rings is 1. The number of carbonyl (C=O) groups is 3. The zero-order valence-electron chi connectivity index (χ0n) is 16.3. The zero-order valence-corrected chi connectivity index (χ0v) is 16.3. The molecule has 1 aromatic rings. The molecule has 152 valence electrons. The molecule has 0 saturated heterocycles. The number of rotatable bonds is 9. The van der Waals surface area contributed by atoms with Crippen LogP contribution in [0.15, 0.2) is 46.4 Å². The first-order valence-electron chi connectivity index (χ1n) is 9.76. The molecule has 8 nitrogen and oxygen atoms in total. The molecule has 2 aliphatic heterocycles. The van der Waals surface area contributed by atoms with Gasteiger partial charge in [-0.3, -0.25) is 14.5 Å². The first kappa shape index (κ1) is 20.4. The highest BCUT2D eigenvalue weighted by atomic mass is 16.5. The number of amides is 4. The summed E-state index contributed by atoms with van der Waals surface area (Å²) in [6, 6.07) is 6.22. The van der Waals surface area contributed by atoms with E-state index in [2.05, 4.69) is 22.2 Å². The summed E-state index contributed by atoms with van der Waals surface area (Å²) in [5, 5.41) is 2.72. The first-order chi connectivity index (χ1) is 14.1. The lowest BCUT2D eigenvalue weighted by molar-refractivity contribution is -0.129. The van der Waals surface area contributed by atoms with Crippen molar-refractivity contribution in [2.24, 2.45) is 15.9 Å². The molecule has 1 atom stereocenters. The van der Waals surface area contributed by atoms with Gasteiger partial charge >= 0.3 is 6.03 Å². The number of carbonyl (C=O) groups excluding carboxylic acids is 3. The van der Waals surface area contributed by atoms with Crippen LogP contribution in [0.4, 0.5) is 4.79 Å². The average molecular weight is 396 g/mol. The van der Waals surface area contributed by atoms with Gasteiger partial charge in [-0.2, -0.15) is 4.99 Å². The monoisotopic (exact) mass is 396 g/mol. The van der Waals surface area contributed by atoms with Crippen LogP contribution in [-0.4, -0.2) is 54.5 Å². The molecule has 29 heavy (non-hydrogen) atoms. The van der Waals surface area contributed by atoms with E-state index in [1.807, 2.05) is 0 Å². The molecule has 0 aliphatic carbocycles. The third-order valence-electron chi connectivity index (χ3n) is 4.60. The van der Waals surface area contributed by atoms with E-state index in [4.69, 9.17) is 4.74 Å². The number of allylic oxidation sites excluding steroid dienone is 1. The lowest BCUT2D eigenvalue weighted by atomic mass is 10.0. The molecule has 1 unspecified atom stereocenters. The average Bonchev–Trinajstić information content (AvgIpc) is 2.74. The van der Waals surface area contributed by atoms with Crippen LogP contribution in [0.5, 0.6) is 5.75 Å². The molecule has 0 saturated carbocycles. The Morgan fingerprint density at radius 1 is 1.21 bits per heavy atom. The van der Waals surface area contributed by atoms with Crippen LogP contribution in [0.1, 0.15) is 36.5 Å². The fourth-order valence-electron chi connectivity index (χ4n) is 2.99. The first-order valence-corrected chi connectivity index (χ1v) is 9.76. The van der Waals surface area contributed by atoms with Crippen molar-refractivity contribution >= 4 is 29.9 Å². The summed E-state index contributed by atoms with van der Waals surface area (Å²) in [4.78, 5) is 45.6. The van der Waals surface area contributed by atoms with E-state index in [9.17, 15) is 14.4 Å². The fourth-order valence-corrected chi connectivity index (χ4v) is 2.99. The normalized spacial score (nSPS) is 17.8. The minimum absolute atomic E-state index is 0.0485. The second kappa shape index (κ2) is 9.77. The zero-order chi connectivity index (χ0) is 20.6. The van der Waals surface area contributed by atoms with E-state index in [-0.39, 0.29) is 30.7 Å². The topological polar surface area (TPSA) is 100 Å². The van der Waals surface area contributed by atoms with Crippen LogP contribution in [0.3, 0.4) is 0 Å². The Balaban J connectivity index is 1.48. The summed E-state index contributed by atoms with van der Waals surface area (Å²) >= 11 is 0. The molecule has 2 heterocycles. The van der Waals surface area contributed by atoms with Gasteiger partial charge in [0.15, 0.2) is 0 Å². The van der Waals surface area contributed by atoms with Crippen LogP contribution in [-0.2, 0) is 4.79 Å². The van der Waals surface area contributed by atoms with Crippen LogP contribution in [0.25, 0.3) is 0 Å². The number of dihydropyridines is 1. The van der Waals surface area contributed by atoms with E-state index in [1.165, 1.54) is 6.21 Å². The standard InChI is InChI=1S/C21H24N4O4/c1-2-3-4-14-29-16-9-7-15(8-10-16)19(26)23-12-13-25-20(27)17-6-5-11-22-18(17)24-21(25)28/h5-11,17H,2-4,12-14H2,1H3,(H,23,26). The highest BCUT2D eigenvalue weighted by molar-refractivity contribution is 6.19. The number of aliphatic imine (C=N–C) groups is 2. The predicted octanol–water partition coefficient (Wildman–Crippen LogP) is 2.60. The Morgan fingerprint density at radius 2 is 2.00 bits per heavy atom. The highest BCUT2D eigenvalue weighted by Crippen LogP contribution is 2.18. The third kappa shape index (κ3) is 5.16. The van der Waals surface area contributed by atoms with E-state index < -0.39 is 11.9 Å². The maximum absolute atomic E-state index is 12.5. The van der Waals surface area contributed by atoms with Crippen LogP contribution < -0.4 is 10.1 Å².